The molecule has 0 fully saturated rings. The Kier molecular flexibility index (Phi) is 5.20. The van der Waals surface area contributed by atoms with E-state index >= 15 is 0 Å². The molecule has 3 N–H and O–H groups in total. The highest BCUT2D eigenvalue weighted by Crippen LogP contribution is 2.27. The highest BCUT2D eigenvalue weighted by Gasteiger charge is 2.16. The van der Waals surface area contributed by atoms with Crippen molar-refractivity contribution in [1.82, 2.24) is 0 Å². The number of rotatable bonds is 5. The van der Waals surface area contributed by atoms with Gasteiger partial charge in [0, 0.05) is 18.9 Å². The number of nitro groups is 1. The Hall–Kier alpha value is -1.51. The second-order valence-corrected chi connectivity index (χ2v) is 4.33. The topological polar surface area (TPSA) is 107 Å². The Morgan fingerprint density at radius 3 is 2.83 bits per heavy atom. The first-order chi connectivity index (χ1) is 8.45. The van der Waals surface area contributed by atoms with E-state index in [2.05, 4.69) is 21.2 Å². The van der Waals surface area contributed by atoms with Gasteiger partial charge in [0.2, 0.25) is 5.91 Å². The fraction of sp³-hybridized carbons (Fsp3) is 0.300. The molecule has 1 aromatic rings. The number of carbonyl (C=O) groups excluding carboxylic acids is 1. The normalized spacial score (nSPS) is 11.9. The molecule has 0 aliphatic heterocycles. The number of nitrogens with one attached hydrogen (secondary N) is 1. The van der Waals surface area contributed by atoms with Crippen molar-refractivity contribution in [2.75, 3.05) is 19.0 Å². The van der Waals surface area contributed by atoms with E-state index in [1.165, 1.54) is 25.3 Å². The van der Waals surface area contributed by atoms with Crippen molar-refractivity contribution in [3.05, 3.63) is 32.8 Å². The van der Waals surface area contributed by atoms with E-state index in [0.717, 1.165) is 0 Å². The van der Waals surface area contributed by atoms with Crippen molar-refractivity contribution in [2.24, 2.45) is 5.73 Å². The van der Waals surface area contributed by atoms with Gasteiger partial charge in [-0.15, -0.1) is 0 Å². The van der Waals surface area contributed by atoms with E-state index in [-0.39, 0.29) is 16.8 Å². The SMILES string of the molecule is COCC(N)C(=O)Nc1ccc([N+](=O)[O-])c(Br)c1. The summed E-state index contributed by atoms with van der Waals surface area (Å²) in [5, 5.41) is 13.1. The van der Waals surface area contributed by atoms with Gasteiger partial charge in [-0.25, -0.2) is 0 Å². The molecule has 98 valence electrons. The van der Waals surface area contributed by atoms with E-state index in [1.54, 1.807) is 0 Å². The van der Waals surface area contributed by atoms with Crippen LogP contribution in [0.5, 0.6) is 0 Å². The van der Waals surface area contributed by atoms with Gasteiger partial charge in [-0.2, -0.15) is 0 Å². The Balaban J connectivity index is 2.77. The smallest absolute Gasteiger partial charge is 0.283 e. The Morgan fingerprint density at radius 2 is 2.33 bits per heavy atom. The fourth-order valence-corrected chi connectivity index (χ4v) is 1.75. The van der Waals surface area contributed by atoms with Gasteiger partial charge in [-0.05, 0) is 28.1 Å². The summed E-state index contributed by atoms with van der Waals surface area (Å²) < 4.78 is 5.04. The van der Waals surface area contributed by atoms with Crippen LogP contribution in [0.2, 0.25) is 0 Å². The second kappa shape index (κ2) is 6.43. The maximum atomic E-state index is 11.6. The number of nitrogens with zero attached hydrogens (tertiary/aromatic N) is 1. The van der Waals surface area contributed by atoms with Crippen LogP contribution in [-0.4, -0.2) is 30.6 Å². The minimum Gasteiger partial charge on any atom is -0.383 e. The summed E-state index contributed by atoms with van der Waals surface area (Å²) in [5.41, 5.74) is 5.88. The predicted molar refractivity (Wildman–Crippen MR) is 69.3 cm³/mol. The van der Waals surface area contributed by atoms with E-state index in [1.807, 2.05) is 0 Å². The number of ether oxygens (including phenoxy) is 1. The first-order valence-corrected chi connectivity index (χ1v) is 5.74. The summed E-state index contributed by atoms with van der Waals surface area (Å²) in [6.45, 7) is 0.0972. The third kappa shape index (κ3) is 3.76. The molecule has 1 aromatic carbocycles. The zero-order valence-electron chi connectivity index (χ0n) is 9.55. The Bertz CT molecular complexity index is 466. The van der Waals surface area contributed by atoms with Crippen LogP contribution < -0.4 is 11.1 Å². The molecule has 1 amide bonds. The van der Waals surface area contributed by atoms with Gasteiger partial charge < -0.3 is 15.8 Å². The quantitative estimate of drug-likeness (QED) is 0.628. The summed E-state index contributed by atoms with van der Waals surface area (Å²) in [5.74, 6) is -0.419. The van der Waals surface area contributed by atoms with Gasteiger partial charge in [0.05, 0.1) is 16.0 Å². The first-order valence-electron chi connectivity index (χ1n) is 4.95. The highest BCUT2D eigenvalue weighted by molar-refractivity contribution is 9.10. The fourth-order valence-electron chi connectivity index (χ4n) is 1.22. The van der Waals surface area contributed by atoms with Gasteiger partial charge >= 0.3 is 0 Å². The average Bonchev–Trinajstić information content (AvgIpc) is 2.28. The molecule has 0 saturated heterocycles. The number of amides is 1. The van der Waals surface area contributed by atoms with Crippen LogP contribution in [0.3, 0.4) is 0 Å². The first kappa shape index (κ1) is 14.6. The van der Waals surface area contributed by atoms with E-state index in [4.69, 9.17) is 10.5 Å². The van der Waals surface area contributed by atoms with Crippen molar-refractivity contribution in [2.45, 2.75) is 6.04 Å². The molecule has 0 heterocycles. The molecule has 8 heteroatoms. The van der Waals surface area contributed by atoms with Crippen LogP contribution in [0.15, 0.2) is 22.7 Å². The maximum Gasteiger partial charge on any atom is 0.283 e. The van der Waals surface area contributed by atoms with Gasteiger partial charge in [0.15, 0.2) is 0 Å². The number of hydrogen-bond donors (Lipinski definition) is 2. The number of benzene rings is 1. The third-order valence-electron chi connectivity index (χ3n) is 2.09. The molecule has 1 atom stereocenters. The van der Waals surface area contributed by atoms with Crippen LogP contribution in [0, 0.1) is 10.1 Å². The standard InChI is InChI=1S/C10H12BrN3O4/c1-18-5-8(12)10(15)13-6-2-3-9(14(16)17)7(11)4-6/h2-4,8H,5,12H2,1H3,(H,13,15). The van der Waals surface area contributed by atoms with Gasteiger partial charge in [0.25, 0.3) is 5.69 Å². The summed E-state index contributed by atoms with van der Waals surface area (Å²) >= 11 is 3.06. The molecule has 1 unspecified atom stereocenters. The molecule has 0 spiro atoms. The van der Waals surface area contributed by atoms with Crippen LogP contribution in [0.25, 0.3) is 0 Å². The lowest BCUT2D eigenvalue weighted by Gasteiger charge is -2.11. The van der Waals surface area contributed by atoms with Crippen molar-refractivity contribution in [3.63, 3.8) is 0 Å². The predicted octanol–water partition coefficient (Wildman–Crippen LogP) is 1.27. The highest BCUT2D eigenvalue weighted by atomic mass is 79.9. The number of halogens is 1. The lowest BCUT2D eigenvalue weighted by Crippen LogP contribution is -2.39. The minimum atomic E-state index is -0.788. The minimum absolute atomic E-state index is 0.0748. The monoisotopic (exact) mass is 317 g/mol. The zero-order valence-corrected chi connectivity index (χ0v) is 11.1. The second-order valence-electron chi connectivity index (χ2n) is 3.47. The maximum absolute atomic E-state index is 11.6. The summed E-state index contributed by atoms with van der Waals surface area (Å²) in [4.78, 5) is 21.6. The largest absolute Gasteiger partial charge is 0.383 e. The van der Waals surface area contributed by atoms with Crippen LogP contribution in [-0.2, 0) is 9.53 Å². The molecular weight excluding hydrogens is 306 g/mol. The van der Waals surface area contributed by atoms with Crippen molar-refractivity contribution >= 4 is 33.2 Å². The van der Waals surface area contributed by atoms with Gasteiger partial charge in [-0.3, -0.25) is 14.9 Å². The van der Waals surface area contributed by atoms with Crippen molar-refractivity contribution in [3.8, 4) is 0 Å². The number of hydrogen-bond acceptors (Lipinski definition) is 5. The number of methoxy groups -OCH3 is 1. The molecule has 1 rings (SSSR count). The molecule has 0 bridgehead atoms. The summed E-state index contributed by atoms with van der Waals surface area (Å²) in [6, 6.07) is 3.38. The number of nitrogens with two attached hydrogens (primary N) is 1. The van der Waals surface area contributed by atoms with Crippen LogP contribution in [0.4, 0.5) is 11.4 Å². The molecule has 0 aliphatic rings. The summed E-state index contributed by atoms with van der Waals surface area (Å²) in [7, 11) is 1.44. The number of carbonyl (C=O) groups is 1. The molecular formula is C10H12BrN3O4. The van der Waals surface area contributed by atoms with E-state index < -0.39 is 16.9 Å². The molecule has 0 saturated carbocycles. The number of anilines is 1. The molecule has 0 aliphatic carbocycles. The lowest BCUT2D eigenvalue weighted by molar-refractivity contribution is -0.385. The summed E-state index contributed by atoms with van der Waals surface area (Å²) in [6.07, 6.45) is 0. The number of nitro benzene ring substituents is 1. The lowest BCUT2D eigenvalue weighted by atomic mass is 10.2. The van der Waals surface area contributed by atoms with E-state index in [9.17, 15) is 14.9 Å². The molecule has 7 nitrogen and oxygen atoms in total. The van der Waals surface area contributed by atoms with E-state index in [0.29, 0.717) is 5.69 Å². The molecule has 0 aromatic heterocycles. The van der Waals surface area contributed by atoms with Gasteiger partial charge in [-0.1, -0.05) is 0 Å². The Morgan fingerprint density at radius 1 is 1.67 bits per heavy atom. The zero-order chi connectivity index (χ0) is 13.7. The van der Waals surface area contributed by atoms with Crippen molar-refractivity contribution < 1.29 is 14.5 Å². The third-order valence-corrected chi connectivity index (χ3v) is 2.73. The van der Waals surface area contributed by atoms with Gasteiger partial charge in [0.1, 0.15) is 6.04 Å². The molecule has 18 heavy (non-hydrogen) atoms. The van der Waals surface area contributed by atoms with Crippen LogP contribution in [0.1, 0.15) is 0 Å². The van der Waals surface area contributed by atoms with Crippen molar-refractivity contribution in [1.29, 1.82) is 0 Å². The van der Waals surface area contributed by atoms with Crippen LogP contribution >= 0.6 is 15.9 Å². The molecule has 0 radical (unpaired) electrons. The Labute approximate surface area is 112 Å². The average molecular weight is 318 g/mol.